The zero-order chi connectivity index (χ0) is 19.6. The van der Waals surface area contributed by atoms with Gasteiger partial charge in [-0.3, -0.25) is 9.59 Å². The Labute approximate surface area is 154 Å². The number of fused-ring (bicyclic) bond motifs is 1. The summed E-state index contributed by atoms with van der Waals surface area (Å²) in [7, 11) is -4.09. The van der Waals surface area contributed by atoms with E-state index in [9.17, 15) is 23.1 Å². The first-order chi connectivity index (χ1) is 12.8. The molecule has 0 atom stereocenters. The Morgan fingerprint density at radius 2 is 1.56 bits per heavy atom. The molecule has 3 N–H and O–H groups in total. The number of hydrogen-bond acceptors (Lipinski definition) is 6. The molecule has 0 fully saturated rings. The van der Waals surface area contributed by atoms with E-state index < -0.39 is 44.7 Å². The summed E-state index contributed by atoms with van der Waals surface area (Å²) in [5.41, 5.74) is -0.565. The number of amides is 1. The van der Waals surface area contributed by atoms with Crippen LogP contribution in [0.2, 0.25) is 0 Å². The molecule has 9 heteroatoms. The summed E-state index contributed by atoms with van der Waals surface area (Å²) in [4.78, 5) is 26.7. The number of nitrogens with one attached hydrogen (secondary N) is 1. The Kier molecular flexibility index (Phi) is 4.78. The van der Waals surface area contributed by atoms with Crippen molar-refractivity contribution in [2.24, 2.45) is 0 Å². The van der Waals surface area contributed by atoms with E-state index in [0.29, 0.717) is 0 Å². The van der Waals surface area contributed by atoms with Gasteiger partial charge in [-0.15, -0.1) is 0 Å². The number of carboxylic acid groups (broad SMARTS) is 1. The van der Waals surface area contributed by atoms with Gasteiger partial charge in [0.2, 0.25) is 9.84 Å². The standard InChI is InChI=1S/C18H14N2O6S/c21-14(22)10-19-17(24)15-16(23)12-8-4-5-9-13(12)18(20-15)27(25,26)11-6-2-1-3-7-11/h1-9,23H,10H2,(H,19,24)(H,21,22). The first kappa shape index (κ1) is 18.3. The molecule has 0 unspecified atom stereocenters. The van der Waals surface area contributed by atoms with Gasteiger partial charge < -0.3 is 15.5 Å². The lowest BCUT2D eigenvalue weighted by atomic mass is 10.1. The highest BCUT2D eigenvalue weighted by molar-refractivity contribution is 7.91. The smallest absolute Gasteiger partial charge is 0.322 e. The molecule has 27 heavy (non-hydrogen) atoms. The molecule has 0 saturated heterocycles. The lowest BCUT2D eigenvalue weighted by Crippen LogP contribution is -2.30. The van der Waals surface area contributed by atoms with E-state index in [1.54, 1.807) is 30.3 Å². The summed E-state index contributed by atoms with van der Waals surface area (Å²) in [6.45, 7) is -0.701. The number of aliphatic carboxylic acids is 1. The van der Waals surface area contributed by atoms with Gasteiger partial charge in [-0.2, -0.15) is 0 Å². The minimum Gasteiger partial charge on any atom is -0.505 e. The Balaban J connectivity index is 2.25. The van der Waals surface area contributed by atoms with Gasteiger partial charge in [0.1, 0.15) is 6.54 Å². The quantitative estimate of drug-likeness (QED) is 0.606. The van der Waals surface area contributed by atoms with Gasteiger partial charge in [-0.1, -0.05) is 42.5 Å². The number of carboxylic acids is 1. The number of sulfone groups is 1. The summed E-state index contributed by atoms with van der Waals surface area (Å²) in [6, 6.07) is 13.6. The highest BCUT2D eigenvalue weighted by atomic mass is 32.2. The molecule has 0 aliphatic carbocycles. The van der Waals surface area contributed by atoms with Gasteiger partial charge in [0.15, 0.2) is 16.5 Å². The molecule has 3 rings (SSSR count). The molecule has 1 heterocycles. The minimum atomic E-state index is -4.09. The molecule has 0 aliphatic heterocycles. The molecule has 1 amide bonds. The van der Waals surface area contributed by atoms with Gasteiger partial charge in [-0.05, 0) is 12.1 Å². The van der Waals surface area contributed by atoms with Crippen LogP contribution in [0.4, 0.5) is 0 Å². The molecule has 138 valence electrons. The largest absolute Gasteiger partial charge is 0.505 e. The van der Waals surface area contributed by atoms with Crippen LogP contribution in [0.1, 0.15) is 10.5 Å². The lowest BCUT2D eigenvalue weighted by Gasteiger charge is -2.12. The molecule has 3 aromatic rings. The van der Waals surface area contributed by atoms with Crippen LogP contribution < -0.4 is 5.32 Å². The van der Waals surface area contributed by atoms with Crippen molar-refractivity contribution in [1.82, 2.24) is 10.3 Å². The number of aromatic hydroxyl groups is 1. The Bertz CT molecular complexity index is 1140. The normalized spacial score (nSPS) is 11.3. The highest BCUT2D eigenvalue weighted by Gasteiger charge is 2.27. The Hall–Kier alpha value is -3.46. The second-order valence-corrected chi connectivity index (χ2v) is 7.42. The Morgan fingerprint density at radius 1 is 0.963 bits per heavy atom. The fourth-order valence-corrected chi connectivity index (χ4v) is 3.95. The minimum absolute atomic E-state index is 0.0229. The van der Waals surface area contributed by atoms with E-state index in [4.69, 9.17) is 5.11 Å². The van der Waals surface area contributed by atoms with E-state index in [1.807, 2.05) is 0 Å². The SMILES string of the molecule is O=C(O)CNC(=O)c1nc(S(=O)(=O)c2ccccc2)c2ccccc2c1O. The average Bonchev–Trinajstić information content (AvgIpc) is 2.67. The van der Waals surface area contributed by atoms with E-state index >= 15 is 0 Å². The third kappa shape index (κ3) is 3.44. The summed E-state index contributed by atoms with van der Waals surface area (Å²) in [6.07, 6.45) is 0. The van der Waals surface area contributed by atoms with Gasteiger partial charge >= 0.3 is 5.97 Å². The van der Waals surface area contributed by atoms with E-state index in [-0.39, 0.29) is 15.7 Å². The van der Waals surface area contributed by atoms with Crippen molar-refractivity contribution in [1.29, 1.82) is 0 Å². The molecular weight excluding hydrogens is 372 g/mol. The topological polar surface area (TPSA) is 134 Å². The van der Waals surface area contributed by atoms with Crippen molar-refractivity contribution in [3.63, 3.8) is 0 Å². The second-order valence-electron chi connectivity index (χ2n) is 5.55. The number of carbonyl (C=O) groups excluding carboxylic acids is 1. The van der Waals surface area contributed by atoms with Crippen LogP contribution in [0.25, 0.3) is 10.8 Å². The van der Waals surface area contributed by atoms with Gasteiger partial charge in [0.05, 0.1) is 4.90 Å². The van der Waals surface area contributed by atoms with Crippen molar-refractivity contribution in [2.45, 2.75) is 9.92 Å². The van der Waals surface area contributed by atoms with Crippen LogP contribution in [0.15, 0.2) is 64.5 Å². The van der Waals surface area contributed by atoms with Crippen LogP contribution in [0.5, 0.6) is 5.75 Å². The van der Waals surface area contributed by atoms with Gasteiger partial charge in [0, 0.05) is 10.8 Å². The van der Waals surface area contributed by atoms with Gasteiger partial charge in [-0.25, -0.2) is 13.4 Å². The summed E-state index contributed by atoms with van der Waals surface area (Å²) in [5.74, 6) is -2.81. The first-order valence-corrected chi connectivity index (χ1v) is 9.22. The van der Waals surface area contributed by atoms with E-state index in [1.165, 1.54) is 24.3 Å². The predicted octanol–water partition coefficient (Wildman–Crippen LogP) is 1.59. The fraction of sp³-hybridized carbons (Fsp3) is 0.0556. The maximum Gasteiger partial charge on any atom is 0.322 e. The number of rotatable bonds is 5. The third-order valence-electron chi connectivity index (χ3n) is 3.77. The number of hydrogen-bond donors (Lipinski definition) is 3. The van der Waals surface area contributed by atoms with Crippen LogP contribution in [-0.4, -0.2) is 42.0 Å². The van der Waals surface area contributed by atoms with Crippen molar-refractivity contribution >= 4 is 32.5 Å². The lowest BCUT2D eigenvalue weighted by molar-refractivity contribution is -0.135. The number of aromatic nitrogens is 1. The first-order valence-electron chi connectivity index (χ1n) is 7.74. The monoisotopic (exact) mass is 386 g/mol. The second kappa shape index (κ2) is 7.04. The number of benzene rings is 2. The number of carbonyl (C=O) groups is 2. The predicted molar refractivity (Wildman–Crippen MR) is 95.3 cm³/mol. The molecule has 1 aromatic heterocycles. The number of pyridine rings is 1. The molecular formula is C18H14N2O6S. The summed E-state index contributed by atoms with van der Waals surface area (Å²) in [5, 5.41) is 21.0. The fourth-order valence-electron chi connectivity index (χ4n) is 2.53. The molecule has 0 bridgehead atoms. The molecule has 8 nitrogen and oxygen atoms in total. The number of nitrogens with zero attached hydrogens (tertiary/aromatic N) is 1. The molecule has 2 aromatic carbocycles. The van der Waals surface area contributed by atoms with Crippen molar-refractivity contribution in [3.05, 3.63) is 60.3 Å². The van der Waals surface area contributed by atoms with Crippen LogP contribution in [0.3, 0.4) is 0 Å². The van der Waals surface area contributed by atoms with Crippen molar-refractivity contribution < 1.29 is 28.2 Å². The maximum atomic E-state index is 13.0. The van der Waals surface area contributed by atoms with Crippen LogP contribution in [-0.2, 0) is 14.6 Å². The van der Waals surface area contributed by atoms with Crippen LogP contribution >= 0.6 is 0 Å². The molecule has 0 radical (unpaired) electrons. The van der Waals surface area contributed by atoms with E-state index in [0.717, 1.165) is 0 Å². The molecule has 0 spiro atoms. The van der Waals surface area contributed by atoms with Crippen molar-refractivity contribution in [2.75, 3.05) is 6.54 Å². The summed E-state index contributed by atoms with van der Waals surface area (Å²) >= 11 is 0. The molecule has 0 saturated carbocycles. The van der Waals surface area contributed by atoms with Crippen molar-refractivity contribution in [3.8, 4) is 5.75 Å². The van der Waals surface area contributed by atoms with Gasteiger partial charge in [0.25, 0.3) is 5.91 Å². The zero-order valence-electron chi connectivity index (χ0n) is 13.8. The zero-order valence-corrected chi connectivity index (χ0v) is 14.6. The maximum absolute atomic E-state index is 13.0. The average molecular weight is 386 g/mol. The Morgan fingerprint density at radius 3 is 2.19 bits per heavy atom. The van der Waals surface area contributed by atoms with E-state index in [2.05, 4.69) is 10.3 Å². The third-order valence-corrected chi connectivity index (χ3v) is 5.49. The summed E-state index contributed by atoms with van der Waals surface area (Å²) < 4.78 is 26.1. The van der Waals surface area contributed by atoms with Crippen LogP contribution in [0, 0.1) is 0 Å². The highest BCUT2D eigenvalue weighted by Crippen LogP contribution is 2.33. The molecule has 0 aliphatic rings.